The minimum atomic E-state index is -0.572. The molecule has 1 aromatic heterocycles. The fraction of sp³-hybridized carbons (Fsp3) is 0.231. The van der Waals surface area contributed by atoms with Crippen LogP contribution in [-0.4, -0.2) is 11.2 Å². The molecule has 0 atom stereocenters. The predicted molar refractivity (Wildman–Crippen MR) is 66.7 cm³/mol. The average Bonchev–Trinajstić information content (AvgIpc) is 2.83. The maximum Gasteiger partial charge on any atom is 0.315 e. The highest BCUT2D eigenvalue weighted by molar-refractivity contribution is 5.73. The normalized spacial score (nSPS) is 10.3. The van der Waals surface area contributed by atoms with Crippen LogP contribution in [0.25, 0.3) is 0 Å². The van der Waals surface area contributed by atoms with Crippen molar-refractivity contribution in [3.05, 3.63) is 52.9 Å². The Labute approximate surface area is 114 Å². The third kappa shape index (κ3) is 3.78. The molecule has 2 N–H and O–H groups in total. The second-order valence-electron chi connectivity index (χ2n) is 4.21. The van der Waals surface area contributed by atoms with Crippen LogP contribution in [0.1, 0.15) is 17.0 Å². The smallest absolute Gasteiger partial charge is 0.315 e. The highest BCUT2D eigenvalue weighted by atomic mass is 19.1. The SMILES string of the molecule is Cc1cc(CNC(=O)NCc2cc(F)ccc2F)on1. The molecular weight excluding hydrogens is 268 g/mol. The number of carbonyl (C=O) groups is 1. The zero-order valence-corrected chi connectivity index (χ0v) is 10.7. The lowest BCUT2D eigenvalue weighted by Gasteiger charge is -2.07. The number of rotatable bonds is 4. The topological polar surface area (TPSA) is 67.2 Å². The van der Waals surface area contributed by atoms with E-state index in [1.165, 1.54) is 0 Å². The van der Waals surface area contributed by atoms with Gasteiger partial charge in [0.15, 0.2) is 5.76 Å². The summed E-state index contributed by atoms with van der Waals surface area (Å²) in [5, 5.41) is 8.61. The van der Waals surface area contributed by atoms with Crippen molar-refractivity contribution >= 4 is 6.03 Å². The van der Waals surface area contributed by atoms with Gasteiger partial charge in [0.2, 0.25) is 0 Å². The number of amides is 2. The first kappa shape index (κ1) is 14.0. The molecule has 0 radical (unpaired) electrons. The van der Waals surface area contributed by atoms with Crippen LogP contribution in [0.5, 0.6) is 0 Å². The molecule has 20 heavy (non-hydrogen) atoms. The molecular formula is C13H13F2N3O2. The number of nitrogens with zero attached hydrogens (tertiary/aromatic N) is 1. The van der Waals surface area contributed by atoms with E-state index >= 15 is 0 Å². The number of benzene rings is 1. The van der Waals surface area contributed by atoms with Crippen LogP contribution >= 0.6 is 0 Å². The van der Waals surface area contributed by atoms with Crippen LogP contribution in [0.15, 0.2) is 28.8 Å². The van der Waals surface area contributed by atoms with E-state index in [1.807, 2.05) is 0 Å². The van der Waals surface area contributed by atoms with Crippen LogP contribution in [-0.2, 0) is 13.1 Å². The van der Waals surface area contributed by atoms with Crippen molar-refractivity contribution in [1.29, 1.82) is 0 Å². The van der Waals surface area contributed by atoms with Crippen molar-refractivity contribution in [2.24, 2.45) is 0 Å². The van der Waals surface area contributed by atoms with E-state index in [0.29, 0.717) is 11.5 Å². The summed E-state index contributed by atoms with van der Waals surface area (Å²) in [5.74, 6) is -0.618. The number of carbonyl (C=O) groups excluding carboxylic acids is 1. The molecule has 0 spiro atoms. The molecule has 7 heteroatoms. The molecule has 2 aromatic rings. The van der Waals surface area contributed by atoms with Gasteiger partial charge in [-0.15, -0.1) is 0 Å². The quantitative estimate of drug-likeness (QED) is 0.903. The van der Waals surface area contributed by atoms with Crippen LogP contribution < -0.4 is 10.6 Å². The van der Waals surface area contributed by atoms with Crippen LogP contribution in [0.3, 0.4) is 0 Å². The van der Waals surface area contributed by atoms with Crippen LogP contribution in [0.4, 0.5) is 13.6 Å². The highest BCUT2D eigenvalue weighted by Gasteiger charge is 2.07. The van der Waals surface area contributed by atoms with Gasteiger partial charge < -0.3 is 15.2 Å². The first-order valence-corrected chi connectivity index (χ1v) is 5.92. The van der Waals surface area contributed by atoms with E-state index in [4.69, 9.17) is 4.52 Å². The Morgan fingerprint density at radius 3 is 2.70 bits per heavy atom. The Morgan fingerprint density at radius 1 is 1.25 bits per heavy atom. The van der Waals surface area contributed by atoms with Crippen molar-refractivity contribution in [2.45, 2.75) is 20.0 Å². The summed E-state index contributed by atoms with van der Waals surface area (Å²) in [7, 11) is 0. The molecule has 106 valence electrons. The molecule has 0 fully saturated rings. The second kappa shape index (κ2) is 6.14. The lowest BCUT2D eigenvalue weighted by molar-refractivity contribution is 0.238. The van der Waals surface area contributed by atoms with E-state index in [0.717, 1.165) is 18.2 Å². The number of aryl methyl sites for hydroxylation is 1. The first-order valence-electron chi connectivity index (χ1n) is 5.92. The summed E-state index contributed by atoms with van der Waals surface area (Å²) in [6, 6.07) is 4.25. The number of nitrogens with one attached hydrogen (secondary N) is 2. The van der Waals surface area contributed by atoms with Gasteiger partial charge >= 0.3 is 6.03 Å². The largest absolute Gasteiger partial charge is 0.359 e. The zero-order valence-electron chi connectivity index (χ0n) is 10.7. The number of halogens is 2. The molecule has 0 aliphatic carbocycles. The summed E-state index contributed by atoms with van der Waals surface area (Å²) < 4.78 is 31.2. The van der Waals surface area contributed by atoms with Gasteiger partial charge in [-0.3, -0.25) is 0 Å². The van der Waals surface area contributed by atoms with E-state index < -0.39 is 17.7 Å². The molecule has 2 amide bonds. The Bertz CT molecular complexity index is 613. The summed E-state index contributed by atoms with van der Waals surface area (Å²) in [4.78, 5) is 11.5. The third-order valence-corrected chi connectivity index (χ3v) is 2.55. The Balaban J connectivity index is 1.81. The van der Waals surface area contributed by atoms with E-state index in [2.05, 4.69) is 15.8 Å². The molecule has 0 aliphatic rings. The molecule has 5 nitrogen and oxygen atoms in total. The molecule has 1 aromatic carbocycles. The lowest BCUT2D eigenvalue weighted by Crippen LogP contribution is -2.34. The lowest BCUT2D eigenvalue weighted by atomic mass is 10.2. The van der Waals surface area contributed by atoms with Crippen LogP contribution in [0.2, 0.25) is 0 Å². The molecule has 0 saturated carbocycles. The van der Waals surface area contributed by atoms with Gasteiger partial charge in [0, 0.05) is 18.2 Å². The second-order valence-corrected chi connectivity index (χ2v) is 4.21. The molecule has 0 bridgehead atoms. The van der Waals surface area contributed by atoms with Gasteiger partial charge in [-0.05, 0) is 25.1 Å². The Morgan fingerprint density at radius 2 is 2.00 bits per heavy atom. The van der Waals surface area contributed by atoms with Gasteiger partial charge in [-0.25, -0.2) is 13.6 Å². The average molecular weight is 281 g/mol. The third-order valence-electron chi connectivity index (χ3n) is 2.55. The first-order chi connectivity index (χ1) is 9.54. The van der Waals surface area contributed by atoms with Gasteiger partial charge in [0.05, 0.1) is 12.2 Å². The van der Waals surface area contributed by atoms with Gasteiger partial charge in [0.25, 0.3) is 0 Å². The summed E-state index contributed by atoms with van der Waals surface area (Å²) >= 11 is 0. The number of hydrogen-bond donors (Lipinski definition) is 2. The predicted octanol–water partition coefficient (Wildman–Crippen LogP) is 2.26. The zero-order chi connectivity index (χ0) is 14.5. The minimum absolute atomic E-state index is 0.0793. The molecule has 0 aliphatic heterocycles. The minimum Gasteiger partial charge on any atom is -0.359 e. The highest BCUT2D eigenvalue weighted by Crippen LogP contribution is 2.09. The number of hydrogen-bond acceptors (Lipinski definition) is 3. The Hall–Kier alpha value is -2.44. The van der Waals surface area contributed by atoms with E-state index in [-0.39, 0.29) is 18.7 Å². The van der Waals surface area contributed by atoms with Crippen molar-refractivity contribution in [3.63, 3.8) is 0 Å². The van der Waals surface area contributed by atoms with Crippen molar-refractivity contribution in [2.75, 3.05) is 0 Å². The molecule has 0 saturated heterocycles. The van der Waals surface area contributed by atoms with E-state index in [1.54, 1.807) is 13.0 Å². The Kier molecular flexibility index (Phi) is 4.29. The number of urea groups is 1. The summed E-state index contributed by atoms with van der Waals surface area (Å²) in [5.41, 5.74) is 0.791. The standard InChI is InChI=1S/C13H13F2N3O2/c1-8-4-11(20-18-8)7-17-13(19)16-6-9-5-10(14)2-3-12(9)15/h2-5H,6-7H2,1H3,(H2,16,17,19). The fourth-order valence-corrected chi connectivity index (χ4v) is 1.58. The van der Waals surface area contributed by atoms with Gasteiger partial charge in [-0.2, -0.15) is 0 Å². The maximum absolute atomic E-state index is 13.3. The summed E-state index contributed by atoms with van der Waals surface area (Å²) in [6.45, 7) is 1.82. The summed E-state index contributed by atoms with van der Waals surface area (Å²) in [6.07, 6.45) is 0. The monoisotopic (exact) mass is 281 g/mol. The molecule has 0 unspecified atom stereocenters. The van der Waals surface area contributed by atoms with Crippen LogP contribution in [0, 0.1) is 18.6 Å². The van der Waals surface area contributed by atoms with Gasteiger partial charge in [0.1, 0.15) is 11.6 Å². The fourth-order valence-electron chi connectivity index (χ4n) is 1.58. The van der Waals surface area contributed by atoms with Crippen molar-refractivity contribution in [3.8, 4) is 0 Å². The maximum atomic E-state index is 13.3. The number of aromatic nitrogens is 1. The molecule has 1 heterocycles. The van der Waals surface area contributed by atoms with Gasteiger partial charge in [-0.1, -0.05) is 5.16 Å². The van der Waals surface area contributed by atoms with Crippen molar-refractivity contribution < 1.29 is 18.1 Å². The van der Waals surface area contributed by atoms with Crippen molar-refractivity contribution in [1.82, 2.24) is 15.8 Å². The molecule has 2 rings (SSSR count). The van der Waals surface area contributed by atoms with E-state index in [9.17, 15) is 13.6 Å².